The van der Waals surface area contributed by atoms with Gasteiger partial charge in [0.2, 0.25) is 0 Å². The van der Waals surface area contributed by atoms with Gasteiger partial charge in [-0.05, 0) is 55.8 Å². The van der Waals surface area contributed by atoms with Crippen molar-refractivity contribution in [3.63, 3.8) is 0 Å². The number of piperidine rings is 1. The van der Waals surface area contributed by atoms with Crippen LogP contribution in [0.4, 0.5) is 0 Å². The lowest BCUT2D eigenvalue weighted by molar-refractivity contribution is 0.0594. The summed E-state index contributed by atoms with van der Waals surface area (Å²) in [5.41, 5.74) is 3.01. The summed E-state index contributed by atoms with van der Waals surface area (Å²) in [6.07, 6.45) is 3.14. The van der Waals surface area contributed by atoms with Crippen LogP contribution >= 0.6 is 0 Å². The van der Waals surface area contributed by atoms with E-state index in [9.17, 15) is 9.59 Å². The van der Waals surface area contributed by atoms with Crippen LogP contribution in [0.5, 0.6) is 0 Å². The Kier molecular flexibility index (Phi) is 3.93. The van der Waals surface area contributed by atoms with E-state index in [1.807, 2.05) is 39.8 Å². The molecule has 5 rings (SSSR count). The number of pyridine rings is 1. The van der Waals surface area contributed by atoms with Gasteiger partial charge in [-0.3, -0.25) is 9.59 Å². The average molecular weight is 375 g/mol. The molecule has 0 spiro atoms. The maximum Gasteiger partial charge on any atom is 0.253 e. The molecular weight excluding hydrogens is 350 g/mol. The number of hydrogen-bond acceptors (Lipinski definition) is 2. The topological polar surface area (TPSA) is 47.2 Å². The van der Waals surface area contributed by atoms with Gasteiger partial charge in [-0.25, -0.2) is 0 Å². The van der Waals surface area contributed by atoms with Gasteiger partial charge >= 0.3 is 0 Å². The predicted molar refractivity (Wildman–Crippen MR) is 110 cm³/mol. The lowest BCUT2D eigenvalue weighted by atomic mass is 9.83. The highest BCUT2D eigenvalue weighted by molar-refractivity contribution is 5.98. The summed E-state index contributed by atoms with van der Waals surface area (Å²) >= 11 is 0. The summed E-state index contributed by atoms with van der Waals surface area (Å²) in [4.78, 5) is 27.5. The second-order valence-corrected chi connectivity index (χ2v) is 8.50. The van der Waals surface area contributed by atoms with E-state index in [0.29, 0.717) is 25.0 Å². The Balaban J connectivity index is 1.46. The van der Waals surface area contributed by atoms with Gasteiger partial charge in [0, 0.05) is 60.6 Å². The Morgan fingerprint density at radius 1 is 1.07 bits per heavy atom. The molecule has 3 aromatic rings. The van der Waals surface area contributed by atoms with Crippen LogP contribution in [-0.2, 0) is 6.54 Å². The van der Waals surface area contributed by atoms with Crippen molar-refractivity contribution in [1.29, 1.82) is 0 Å². The number of rotatable bonds is 2. The highest BCUT2D eigenvalue weighted by atomic mass is 16.2. The molecule has 0 saturated carbocycles. The van der Waals surface area contributed by atoms with Crippen molar-refractivity contribution in [2.24, 2.45) is 5.92 Å². The van der Waals surface area contributed by atoms with Gasteiger partial charge in [0.05, 0.1) is 0 Å². The second-order valence-electron chi connectivity index (χ2n) is 8.50. The van der Waals surface area contributed by atoms with Gasteiger partial charge in [0.15, 0.2) is 0 Å². The van der Waals surface area contributed by atoms with Crippen LogP contribution in [0.1, 0.15) is 48.3 Å². The largest absolute Gasteiger partial charge is 0.345 e. The van der Waals surface area contributed by atoms with Crippen LogP contribution in [0.25, 0.3) is 10.9 Å². The van der Waals surface area contributed by atoms with E-state index in [1.165, 1.54) is 0 Å². The molecule has 2 aliphatic heterocycles. The summed E-state index contributed by atoms with van der Waals surface area (Å²) in [5.74, 6) is 0.687. The number of carbonyl (C=O) groups excluding carboxylic acids is 1. The Bertz CT molecular complexity index is 1120. The molecule has 4 heterocycles. The summed E-state index contributed by atoms with van der Waals surface area (Å²) in [5, 5.41) is 1.16. The lowest BCUT2D eigenvalue weighted by Gasteiger charge is -2.42. The van der Waals surface area contributed by atoms with Crippen LogP contribution in [-0.4, -0.2) is 33.0 Å². The molecule has 0 N–H and O–H groups in total. The van der Waals surface area contributed by atoms with E-state index in [1.54, 1.807) is 6.07 Å². The van der Waals surface area contributed by atoms with Gasteiger partial charge in [-0.2, -0.15) is 0 Å². The Morgan fingerprint density at radius 3 is 2.75 bits per heavy atom. The van der Waals surface area contributed by atoms with E-state index in [-0.39, 0.29) is 17.4 Å². The van der Waals surface area contributed by atoms with Crippen molar-refractivity contribution in [2.45, 2.75) is 38.8 Å². The maximum absolute atomic E-state index is 13.3. The number of carbonyl (C=O) groups is 1. The first-order chi connectivity index (χ1) is 13.5. The third kappa shape index (κ3) is 2.68. The zero-order valence-corrected chi connectivity index (χ0v) is 16.3. The Hall–Kier alpha value is -2.82. The molecule has 1 aromatic carbocycles. The fraction of sp³-hybridized carbons (Fsp3) is 0.391. The van der Waals surface area contributed by atoms with Crippen molar-refractivity contribution < 1.29 is 4.79 Å². The first-order valence-corrected chi connectivity index (χ1v) is 10.1. The third-order valence-electron chi connectivity index (χ3n) is 6.29. The molecule has 2 aromatic heterocycles. The van der Waals surface area contributed by atoms with Crippen molar-refractivity contribution in [2.75, 3.05) is 13.1 Å². The molecule has 1 fully saturated rings. The highest BCUT2D eigenvalue weighted by Gasteiger charge is 2.36. The minimum absolute atomic E-state index is 0.0758. The maximum atomic E-state index is 13.3. The van der Waals surface area contributed by atoms with E-state index in [2.05, 4.69) is 30.7 Å². The van der Waals surface area contributed by atoms with E-state index in [0.717, 1.165) is 35.1 Å². The van der Waals surface area contributed by atoms with Crippen LogP contribution in [0.15, 0.2) is 53.5 Å². The number of fused-ring (bicyclic) bond motifs is 5. The molecule has 2 aliphatic rings. The average Bonchev–Trinajstić information content (AvgIpc) is 3.11. The van der Waals surface area contributed by atoms with Gasteiger partial charge in [0.1, 0.15) is 0 Å². The standard InChI is InChI=1S/C23H25N3O2/c1-15(2)25-9-8-17-6-7-18(11-21(17)25)23(28)24-12-16-10-19(14-24)20-4-3-5-22(27)26(20)13-16/h3-9,11,15-16,19H,10,12-14H2,1-2H3/t16-,19+/m1/s1. The summed E-state index contributed by atoms with van der Waals surface area (Å²) in [7, 11) is 0. The Morgan fingerprint density at radius 2 is 1.93 bits per heavy atom. The third-order valence-corrected chi connectivity index (χ3v) is 6.29. The first kappa shape index (κ1) is 17.3. The molecule has 0 radical (unpaired) electrons. The van der Waals surface area contributed by atoms with Gasteiger partial charge in [-0.1, -0.05) is 12.1 Å². The molecule has 0 aliphatic carbocycles. The van der Waals surface area contributed by atoms with Crippen LogP contribution in [0.3, 0.4) is 0 Å². The molecule has 2 bridgehead atoms. The number of benzene rings is 1. The molecule has 1 amide bonds. The molecule has 5 heteroatoms. The van der Waals surface area contributed by atoms with Crippen molar-refractivity contribution in [1.82, 2.24) is 14.0 Å². The van der Waals surface area contributed by atoms with Crippen molar-refractivity contribution in [3.8, 4) is 0 Å². The highest BCUT2D eigenvalue weighted by Crippen LogP contribution is 2.35. The normalized spacial score (nSPS) is 21.2. The van der Waals surface area contributed by atoms with Crippen molar-refractivity contribution >= 4 is 16.8 Å². The zero-order valence-electron chi connectivity index (χ0n) is 16.3. The minimum atomic E-state index is 0.0758. The predicted octanol–water partition coefficient (Wildman–Crippen LogP) is 3.64. The van der Waals surface area contributed by atoms with Gasteiger partial charge < -0.3 is 14.0 Å². The SMILES string of the molecule is CC(C)n1ccc2ccc(C(=O)N3C[C@H]4C[C@@H](C3)c3cccc(=O)n3C4)cc21. The van der Waals surface area contributed by atoms with E-state index in [4.69, 9.17) is 0 Å². The molecule has 2 atom stereocenters. The van der Waals surface area contributed by atoms with Crippen LogP contribution in [0, 0.1) is 5.92 Å². The van der Waals surface area contributed by atoms with E-state index >= 15 is 0 Å². The molecule has 5 nitrogen and oxygen atoms in total. The molecule has 144 valence electrons. The number of likely N-dealkylation sites (tertiary alicyclic amines) is 1. The fourth-order valence-corrected chi connectivity index (χ4v) is 4.98. The summed E-state index contributed by atoms with van der Waals surface area (Å²) in [6, 6.07) is 14.0. The number of hydrogen-bond donors (Lipinski definition) is 0. The quantitative estimate of drug-likeness (QED) is 0.686. The fourth-order valence-electron chi connectivity index (χ4n) is 4.98. The van der Waals surface area contributed by atoms with E-state index < -0.39 is 0 Å². The minimum Gasteiger partial charge on any atom is -0.345 e. The van der Waals surface area contributed by atoms with Crippen LogP contribution in [0.2, 0.25) is 0 Å². The molecule has 0 unspecified atom stereocenters. The molecule has 28 heavy (non-hydrogen) atoms. The second kappa shape index (κ2) is 6.36. The summed E-state index contributed by atoms with van der Waals surface area (Å²) in [6.45, 7) is 6.42. The Labute approximate surface area is 164 Å². The number of amides is 1. The van der Waals surface area contributed by atoms with Gasteiger partial charge in [-0.15, -0.1) is 0 Å². The smallest absolute Gasteiger partial charge is 0.253 e. The zero-order chi connectivity index (χ0) is 19.4. The van der Waals surface area contributed by atoms with Crippen LogP contribution < -0.4 is 5.56 Å². The number of aromatic nitrogens is 2. The lowest BCUT2D eigenvalue weighted by Crippen LogP contribution is -2.49. The molecular formula is C23H25N3O2. The first-order valence-electron chi connectivity index (χ1n) is 10.1. The molecule has 1 saturated heterocycles. The summed E-state index contributed by atoms with van der Waals surface area (Å²) < 4.78 is 4.11. The number of nitrogens with zero attached hydrogens (tertiary/aromatic N) is 3. The van der Waals surface area contributed by atoms with Gasteiger partial charge in [0.25, 0.3) is 11.5 Å². The van der Waals surface area contributed by atoms with Crippen molar-refractivity contribution in [3.05, 3.63) is 70.3 Å². The monoisotopic (exact) mass is 375 g/mol.